The standard InChI is InChI=1S/C45H86O6/c1-4-7-10-13-16-19-20-21-22-23-24-27-30-33-36-39-45(48)51-42(40-49-43(46)37-34-31-28-25-17-14-11-8-5-2)41-50-44(47)38-35-32-29-26-18-15-12-9-6-3/h42H,4-41H2,1-3H3. The molecule has 0 rings (SSSR count). The van der Waals surface area contributed by atoms with E-state index in [-0.39, 0.29) is 31.1 Å². The maximum atomic E-state index is 12.7. The van der Waals surface area contributed by atoms with Crippen LogP contribution in [0.4, 0.5) is 0 Å². The van der Waals surface area contributed by atoms with Gasteiger partial charge in [0.25, 0.3) is 0 Å². The summed E-state index contributed by atoms with van der Waals surface area (Å²) < 4.78 is 16.7. The highest BCUT2D eigenvalue weighted by Gasteiger charge is 2.19. The molecule has 0 aliphatic rings. The van der Waals surface area contributed by atoms with Crippen molar-refractivity contribution in [2.45, 2.75) is 258 Å². The molecule has 0 unspecified atom stereocenters. The van der Waals surface area contributed by atoms with Crippen LogP contribution in [0.15, 0.2) is 0 Å². The van der Waals surface area contributed by atoms with E-state index in [9.17, 15) is 14.4 Å². The van der Waals surface area contributed by atoms with Gasteiger partial charge in [-0.3, -0.25) is 14.4 Å². The number of carbonyl (C=O) groups is 3. The first-order valence-corrected chi connectivity index (χ1v) is 22.5. The average Bonchev–Trinajstić information content (AvgIpc) is 3.12. The van der Waals surface area contributed by atoms with Gasteiger partial charge in [-0.25, -0.2) is 0 Å². The summed E-state index contributed by atoms with van der Waals surface area (Å²) >= 11 is 0. The molecule has 0 aromatic rings. The van der Waals surface area contributed by atoms with Gasteiger partial charge in [0.15, 0.2) is 6.10 Å². The molecule has 0 aromatic heterocycles. The summed E-state index contributed by atoms with van der Waals surface area (Å²) in [6.45, 7) is 6.62. The maximum Gasteiger partial charge on any atom is 0.306 e. The van der Waals surface area contributed by atoms with Gasteiger partial charge in [0.05, 0.1) is 0 Å². The second-order valence-electron chi connectivity index (χ2n) is 15.3. The molecule has 0 amide bonds. The fourth-order valence-electron chi connectivity index (χ4n) is 6.68. The quantitative estimate of drug-likeness (QED) is 0.0355. The van der Waals surface area contributed by atoms with E-state index < -0.39 is 6.10 Å². The smallest absolute Gasteiger partial charge is 0.306 e. The van der Waals surface area contributed by atoms with Crippen LogP contribution in [0.5, 0.6) is 0 Å². The van der Waals surface area contributed by atoms with Crippen LogP contribution in [0, 0.1) is 0 Å². The molecule has 0 saturated carbocycles. The van der Waals surface area contributed by atoms with Crippen LogP contribution in [0.3, 0.4) is 0 Å². The lowest BCUT2D eigenvalue weighted by Gasteiger charge is -2.18. The third-order valence-electron chi connectivity index (χ3n) is 10.1. The van der Waals surface area contributed by atoms with Gasteiger partial charge < -0.3 is 14.2 Å². The minimum atomic E-state index is -0.756. The van der Waals surface area contributed by atoms with Gasteiger partial charge in [0.1, 0.15) is 13.2 Å². The number of ether oxygens (including phenoxy) is 3. The van der Waals surface area contributed by atoms with Crippen molar-refractivity contribution in [2.75, 3.05) is 13.2 Å². The van der Waals surface area contributed by atoms with Crippen molar-refractivity contribution in [1.82, 2.24) is 0 Å². The Morgan fingerprint density at radius 1 is 0.314 bits per heavy atom. The molecule has 0 N–H and O–H groups in total. The van der Waals surface area contributed by atoms with Crippen molar-refractivity contribution >= 4 is 17.9 Å². The molecule has 0 saturated heterocycles. The van der Waals surface area contributed by atoms with E-state index in [0.717, 1.165) is 57.8 Å². The topological polar surface area (TPSA) is 78.9 Å². The summed E-state index contributed by atoms with van der Waals surface area (Å²) in [4.78, 5) is 37.6. The highest BCUT2D eigenvalue weighted by Crippen LogP contribution is 2.16. The van der Waals surface area contributed by atoms with E-state index in [4.69, 9.17) is 14.2 Å². The summed E-state index contributed by atoms with van der Waals surface area (Å²) in [5.74, 6) is -0.857. The summed E-state index contributed by atoms with van der Waals surface area (Å²) in [5, 5.41) is 0. The molecular formula is C45H86O6. The van der Waals surface area contributed by atoms with Crippen LogP contribution in [-0.4, -0.2) is 37.2 Å². The van der Waals surface area contributed by atoms with E-state index in [1.807, 2.05) is 0 Å². The Morgan fingerprint density at radius 3 is 0.784 bits per heavy atom. The normalized spacial score (nSPS) is 11.3. The first kappa shape index (κ1) is 49.4. The molecule has 51 heavy (non-hydrogen) atoms. The van der Waals surface area contributed by atoms with Crippen LogP contribution in [0.25, 0.3) is 0 Å². The molecule has 0 heterocycles. The molecule has 6 nitrogen and oxygen atoms in total. The Bertz CT molecular complexity index is 715. The van der Waals surface area contributed by atoms with Crippen LogP contribution in [-0.2, 0) is 28.6 Å². The third kappa shape index (κ3) is 39.5. The fourth-order valence-corrected chi connectivity index (χ4v) is 6.68. The van der Waals surface area contributed by atoms with Crippen LogP contribution >= 0.6 is 0 Å². The van der Waals surface area contributed by atoms with E-state index in [1.54, 1.807) is 0 Å². The number of esters is 3. The zero-order valence-electron chi connectivity index (χ0n) is 34.4. The van der Waals surface area contributed by atoms with Gasteiger partial charge in [-0.1, -0.05) is 213 Å². The number of unbranched alkanes of at least 4 members (excludes halogenated alkanes) is 30. The summed E-state index contributed by atoms with van der Waals surface area (Å²) in [7, 11) is 0. The largest absolute Gasteiger partial charge is 0.462 e. The van der Waals surface area contributed by atoms with Crippen molar-refractivity contribution in [2.24, 2.45) is 0 Å². The van der Waals surface area contributed by atoms with Gasteiger partial charge in [0.2, 0.25) is 0 Å². The molecule has 302 valence electrons. The van der Waals surface area contributed by atoms with Crippen molar-refractivity contribution in [3.8, 4) is 0 Å². The number of rotatable bonds is 41. The molecule has 0 radical (unpaired) electrons. The first-order valence-electron chi connectivity index (χ1n) is 22.5. The second kappa shape index (κ2) is 41.2. The Balaban J connectivity index is 4.28. The van der Waals surface area contributed by atoms with Crippen LogP contribution in [0.2, 0.25) is 0 Å². The van der Waals surface area contributed by atoms with Gasteiger partial charge in [-0.2, -0.15) is 0 Å². The molecule has 0 aliphatic heterocycles. The number of hydrogen-bond acceptors (Lipinski definition) is 6. The van der Waals surface area contributed by atoms with Crippen molar-refractivity contribution in [3.63, 3.8) is 0 Å². The molecule has 0 aromatic carbocycles. The Hall–Kier alpha value is -1.59. The zero-order chi connectivity index (χ0) is 37.3. The number of carbonyl (C=O) groups excluding carboxylic acids is 3. The third-order valence-corrected chi connectivity index (χ3v) is 10.1. The average molecular weight is 723 g/mol. The minimum Gasteiger partial charge on any atom is -0.462 e. The molecule has 0 aliphatic carbocycles. The second-order valence-corrected chi connectivity index (χ2v) is 15.3. The van der Waals surface area contributed by atoms with E-state index in [1.165, 1.54) is 154 Å². The molecule has 0 bridgehead atoms. The molecular weight excluding hydrogens is 636 g/mol. The fraction of sp³-hybridized carbons (Fsp3) is 0.933. The SMILES string of the molecule is CCCCCCCCCCCCCCCCCC(=O)OC(COC(=O)CCCCCCCCCCC)COC(=O)CCCCCCCCCCC. The molecule has 0 atom stereocenters. The summed E-state index contributed by atoms with van der Waals surface area (Å²) in [6, 6.07) is 0. The molecule has 0 fully saturated rings. The van der Waals surface area contributed by atoms with E-state index >= 15 is 0 Å². The minimum absolute atomic E-state index is 0.0633. The van der Waals surface area contributed by atoms with Crippen molar-refractivity contribution < 1.29 is 28.6 Å². The van der Waals surface area contributed by atoms with Gasteiger partial charge in [-0.15, -0.1) is 0 Å². The van der Waals surface area contributed by atoms with Crippen molar-refractivity contribution in [3.05, 3.63) is 0 Å². The van der Waals surface area contributed by atoms with E-state index in [2.05, 4.69) is 20.8 Å². The van der Waals surface area contributed by atoms with Crippen molar-refractivity contribution in [1.29, 1.82) is 0 Å². The monoisotopic (exact) mass is 723 g/mol. The Kier molecular flexibility index (Phi) is 39.9. The Morgan fingerprint density at radius 2 is 0.529 bits per heavy atom. The summed E-state index contributed by atoms with van der Waals surface area (Å²) in [6.07, 6.45) is 40.9. The molecule has 0 spiro atoms. The number of hydrogen-bond donors (Lipinski definition) is 0. The molecule has 6 heteroatoms. The highest BCUT2D eigenvalue weighted by atomic mass is 16.6. The zero-order valence-corrected chi connectivity index (χ0v) is 34.4. The van der Waals surface area contributed by atoms with Gasteiger partial charge >= 0.3 is 17.9 Å². The van der Waals surface area contributed by atoms with Crippen LogP contribution in [0.1, 0.15) is 252 Å². The Labute approximate surface area is 317 Å². The predicted octanol–water partition coefficient (Wildman–Crippen LogP) is 14.1. The lowest BCUT2D eigenvalue weighted by Crippen LogP contribution is -2.30. The maximum absolute atomic E-state index is 12.7. The highest BCUT2D eigenvalue weighted by molar-refractivity contribution is 5.71. The van der Waals surface area contributed by atoms with Gasteiger partial charge in [0, 0.05) is 19.3 Å². The van der Waals surface area contributed by atoms with Gasteiger partial charge in [-0.05, 0) is 19.3 Å². The first-order chi connectivity index (χ1) is 25.0. The summed E-state index contributed by atoms with van der Waals surface area (Å²) in [5.41, 5.74) is 0. The predicted molar refractivity (Wildman–Crippen MR) is 215 cm³/mol. The lowest BCUT2D eigenvalue weighted by molar-refractivity contribution is -0.167. The lowest BCUT2D eigenvalue weighted by atomic mass is 10.0. The van der Waals surface area contributed by atoms with E-state index in [0.29, 0.717) is 19.3 Å². The van der Waals surface area contributed by atoms with Crippen LogP contribution < -0.4 is 0 Å².